The third kappa shape index (κ3) is 5.11. The fourth-order valence-corrected chi connectivity index (χ4v) is 2.32. The summed E-state index contributed by atoms with van der Waals surface area (Å²) < 4.78 is 13.5. The van der Waals surface area contributed by atoms with E-state index < -0.39 is 0 Å². The van der Waals surface area contributed by atoms with Crippen LogP contribution in [0.5, 0.6) is 0 Å². The highest BCUT2D eigenvalue weighted by atomic mass is 32.1. The van der Waals surface area contributed by atoms with Gasteiger partial charge in [0.15, 0.2) is 5.11 Å². The fourth-order valence-electron chi connectivity index (χ4n) is 2.13. The largest absolute Gasteiger partial charge is 0.358 e. The first kappa shape index (κ1) is 16.4. The van der Waals surface area contributed by atoms with Gasteiger partial charge < -0.3 is 10.6 Å². The maximum absolute atomic E-state index is 13.5. The van der Waals surface area contributed by atoms with Crippen LogP contribution in [0.15, 0.2) is 48.5 Å². The number of hydrogen-bond donors (Lipinski definition) is 2. The maximum atomic E-state index is 13.5. The third-order valence-electron chi connectivity index (χ3n) is 3.43. The summed E-state index contributed by atoms with van der Waals surface area (Å²) >= 11 is 5.24. The van der Waals surface area contributed by atoms with Gasteiger partial charge in [-0.25, -0.2) is 4.39 Å². The van der Waals surface area contributed by atoms with Crippen molar-refractivity contribution in [2.45, 2.75) is 32.7 Å². The molecule has 2 aromatic rings. The number of nitrogens with one attached hydrogen (secondary N) is 2. The molecule has 0 heterocycles. The van der Waals surface area contributed by atoms with Crippen molar-refractivity contribution in [2.75, 3.05) is 5.32 Å². The summed E-state index contributed by atoms with van der Waals surface area (Å²) in [4.78, 5) is 0. The van der Waals surface area contributed by atoms with Gasteiger partial charge in [-0.3, -0.25) is 0 Å². The van der Waals surface area contributed by atoms with E-state index in [2.05, 4.69) is 29.7 Å². The molecule has 0 aliphatic rings. The molecule has 0 spiro atoms. The van der Waals surface area contributed by atoms with Gasteiger partial charge in [0.2, 0.25) is 0 Å². The first-order valence-corrected chi connectivity index (χ1v) is 7.97. The average Bonchev–Trinajstić information content (AvgIpc) is 2.53. The molecule has 0 unspecified atom stereocenters. The molecule has 2 N–H and O–H groups in total. The summed E-state index contributed by atoms with van der Waals surface area (Å²) in [5.74, 6) is -0.224. The van der Waals surface area contributed by atoms with Gasteiger partial charge in [-0.1, -0.05) is 43.7 Å². The predicted octanol–water partition coefficient (Wildman–Crippen LogP) is 4.65. The lowest BCUT2D eigenvalue weighted by Gasteiger charge is -2.11. The highest BCUT2D eigenvalue weighted by molar-refractivity contribution is 7.80. The number of aryl methyl sites for hydroxylation is 1. The van der Waals surface area contributed by atoms with Crippen LogP contribution in [0.3, 0.4) is 0 Å². The third-order valence-corrected chi connectivity index (χ3v) is 3.67. The molecule has 4 heteroatoms. The highest BCUT2D eigenvalue weighted by Gasteiger charge is 2.02. The summed E-state index contributed by atoms with van der Waals surface area (Å²) in [5.41, 5.74) is 2.87. The molecule has 0 fully saturated rings. The Labute approximate surface area is 136 Å². The lowest BCUT2D eigenvalue weighted by molar-refractivity contribution is 0.606. The normalized spacial score (nSPS) is 10.3. The molecule has 22 heavy (non-hydrogen) atoms. The van der Waals surface area contributed by atoms with E-state index in [0.29, 0.717) is 17.2 Å². The van der Waals surface area contributed by atoms with Crippen molar-refractivity contribution in [1.82, 2.24) is 5.32 Å². The van der Waals surface area contributed by atoms with Crippen LogP contribution in [0.4, 0.5) is 10.1 Å². The van der Waals surface area contributed by atoms with Crippen molar-refractivity contribution in [2.24, 2.45) is 0 Å². The van der Waals surface area contributed by atoms with Gasteiger partial charge in [0.1, 0.15) is 5.82 Å². The van der Waals surface area contributed by atoms with Crippen LogP contribution in [-0.2, 0) is 13.0 Å². The standard InChI is InChI=1S/C18H21FN2S/c1-2-3-6-14-9-11-16(12-10-14)21-18(22)20-13-15-7-4-5-8-17(15)19/h4-5,7-12H,2-3,6,13H2,1H3,(H2,20,21,22). The van der Waals surface area contributed by atoms with Crippen LogP contribution in [0.2, 0.25) is 0 Å². The molecule has 0 radical (unpaired) electrons. The van der Waals surface area contributed by atoms with Crippen molar-refractivity contribution in [3.8, 4) is 0 Å². The van der Waals surface area contributed by atoms with Crippen molar-refractivity contribution < 1.29 is 4.39 Å². The van der Waals surface area contributed by atoms with Gasteiger partial charge in [0.05, 0.1) is 0 Å². The molecule has 0 aromatic heterocycles. The Morgan fingerprint density at radius 1 is 1.09 bits per heavy atom. The lowest BCUT2D eigenvalue weighted by atomic mass is 10.1. The Bertz CT molecular complexity index is 611. The summed E-state index contributed by atoms with van der Waals surface area (Å²) in [7, 11) is 0. The molecule has 0 saturated carbocycles. The topological polar surface area (TPSA) is 24.1 Å². The molecule has 2 rings (SSSR count). The molecule has 0 aliphatic heterocycles. The average molecular weight is 316 g/mol. The Morgan fingerprint density at radius 2 is 1.82 bits per heavy atom. The molecule has 0 atom stereocenters. The van der Waals surface area contributed by atoms with E-state index in [1.807, 2.05) is 18.2 Å². The fraction of sp³-hybridized carbons (Fsp3) is 0.278. The van der Waals surface area contributed by atoms with Gasteiger partial charge in [-0.15, -0.1) is 0 Å². The van der Waals surface area contributed by atoms with Gasteiger partial charge in [0, 0.05) is 17.8 Å². The Kier molecular flexibility index (Phi) is 6.34. The van der Waals surface area contributed by atoms with Crippen molar-refractivity contribution >= 4 is 23.0 Å². The molecule has 0 aliphatic carbocycles. The minimum atomic E-state index is -0.224. The van der Waals surface area contributed by atoms with Gasteiger partial charge in [0.25, 0.3) is 0 Å². The summed E-state index contributed by atoms with van der Waals surface area (Å²) in [6, 6.07) is 14.9. The monoisotopic (exact) mass is 316 g/mol. The summed E-state index contributed by atoms with van der Waals surface area (Å²) in [6.07, 6.45) is 3.51. The minimum absolute atomic E-state index is 0.224. The predicted molar refractivity (Wildman–Crippen MR) is 94.5 cm³/mol. The van der Waals surface area contributed by atoms with E-state index in [9.17, 15) is 4.39 Å². The van der Waals surface area contributed by atoms with Gasteiger partial charge >= 0.3 is 0 Å². The van der Waals surface area contributed by atoms with Crippen LogP contribution >= 0.6 is 12.2 Å². The van der Waals surface area contributed by atoms with Crippen LogP contribution in [0, 0.1) is 5.82 Å². The van der Waals surface area contributed by atoms with E-state index in [1.54, 1.807) is 12.1 Å². The number of hydrogen-bond acceptors (Lipinski definition) is 1. The number of thiocarbonyl (C=S) groups is 1. The second-order valence-corrected chi connectivity index (χ2v) is 5.61. The van der Waals surface area contributed by atoms with Crippen LogP contribution in [0.1, 0.15) is 30.9 Å². The maximum Gasteiger partial charge on any atom is 0.171 e. The number of rotatable bonds is 6. The van der Waals surface area contributed by atoms with Crippen molar-refractivity contribution in [3.05, 3.63) is 65.5 Å². The van der Waals surface area contributed by atoms with Gasteiger partial charge in [-0.05, 0) is 48.8 Å². The molecular weight excluding hydrogens is 295 g/mol. The Balaban J connectivity index is 1.83. The summed E-state index contributed by atoms with van der Waals surface area (Å²) in [5, 5.41) is 6.62. The molecule has 2 nitrogen and oxygen atoms in total. The second-order valence-electron chi connectivity index (χ2n) is 5.20. The SMILES string of the molecule is CCCCc1ccc(NC(=S)NCc2ccccc2F)cc1. The second kappa shape index (κ2) is 8.49. The van der Waals surface area contributed by atoms with E-state index in [-0.39, 0.29) is 5.82 Å². The van der Waals surface area contributed by atoms with Crippen LogP contribution in [-0.4, -0.2) is 5.11 Å². The number of halogens is 1. The highest BCUT2D eigenvalue weighted by Crippen LogP contribution is 2.12. The molecular formula is C18H21FN2S. The minimum Gasteiger partial charge on any atom is -0.358 e. The first-order valence-electron chi connectivity index (χ1n) is 7.56. The van der Waals surface area contributed by atoms with E-state index in [4.69, 9.17) is 12.2 Å². The van der Waals surface area contributed by atoms with Crippen molar-refractivity contribution in [1.29, 1.82) is 0 Å². The Hall–Kier alpha value is -1.94. The Morgan fingerprint density at radius 3 is 2.50 bits per heavy atom. The van der Waals surface area contributed by atoms with E-state index in [0.717, 1.165) is 12.1 Å². The molecule has 116 valence electrons. The number of unbranched alkanes of at least 4 members (excludes halogenated alkanes) is 1. The van der Waals surface area contributed by atoms with Gasteiger partial charge in [-0.2, -0.15) is 0 Å². The molecule has 0 bridgehead atoms. The first-order chi connectivity index (χ1) is 10.7. The zero-order chi connectivity index (χ0) is 15.8. The quantitative estimate of drug-likeness (QED) is 0.758. The van der Waals surface area contributed by atoms with Crippen LogP contribution in [0.25, 0.3) is 0 Å². The number of anilines is 1. The van der Waals surface area contributed by atoms with E-state index >= 15 is 0 Å². The van der Waals surface area contributed by atoms with E-state index in [1.165, 1.54) is 24.5 Å². The smallest absolute Gasteiger partial charge is 0.171 e. The van der Waals surface area contributed by atoms with Crippen molar-refractivity contribution in [3.63, 3.8) is 0 Å². The zero-order valence-corrected chi connectivity index (χ0v) is 13.5. The molecule has 0 amide bonds. The molecule has 2 aromatic carbocycles. The molecule has 0 saturated heterocycles. The summed E-state index contributed by atoms with van der Waals surface area (Å²) in [6.45, 7) is 2.56. The van der Waals surface area contributed by atoms with Crippen LogP contribution < -0.4 is 10.6 Å². The zero-order valence-electron chi connectivity index (χ0n) is 12.7. The lowest BCUT2D eigenvalue weighted by Crippen LogP contribution is -2.28. The number of benzene rings is 2.